The van der Waals surface area contributed by atoms with E-state index >= 15 is 0 Å². The Morgan fingerprint density at radius 2 is 2.00 bits per heavy atom. The first kappa shape index (κ1) is 14.6. The minimum Gasteiger partial charge on any atom is -0.497 e. The highest BCUT2D eigenvalue weighted by Crippen LogP contribution is 2.28. The summed E-state index contributed by atoms with van der Waals surface area (Å²) in [6.07, 6.45) is -4.53. The molecule has 2 rings (SSSR count). The highest BCUT2D eigenvalue weighted by Gasteiger charge is 2.45. The number of carbonyl (C=O) groups excluding carboxylic acids is 1. The van der Waals surface area contributed by atoms with Crippen LogP contribution in [0.25, 0.3) is 0 Å². The molecule has 1 fully saturated rings. The minimum absolute atomic E-state index is 0.0686. The summed E-state index contributed by atoms with van der Waals surface area (Å²) in [5, 5.41) is 0.965. The Bertz CT molecular complexity index is 473. The van der Waals surface area contributed by atoms with Crippen molar-refractivity contribution in [2.75, 3.05) is 13.7 Å². The van der Waals surface area contributed by atoms with Crippen molar-refractivity contribution in [2.24, 2.45) is 0 Å². The van der Waals surface area contributed by atoms with Crippen LogP contribution in [0.15, 0.2) is 24.3 Å². The molecular formula is C13H15F3N2O2. The lowest BCUT2D eigenvalue weighted by Crippen LogP contribution is -2.51. The number of halogens is 3. The number of ether oxygens (including phenoxy) is 1. The summed E-state index contributed by atoms with van der Waals surface area (Å²) in [5.74, 6) is 0.209. The van der Waals surface area contributed by atoms with Gasteiger partial charge in [0.25, 0.3) is 0 Å². The summed E-state index contributed by atoms with van der Waals surface area (Å²) in [7, 11) is 1.49. The van der Waals surface area contributed by atoms with E-state index in [0.29, 0.717) is 11.3 Å². The number of hydrogen-bond donors (Lipinski definition) is 1. The van der Waals surface area contributed by atoms with Crippen LogP contribution < -0.4 is 10.2 Å². The predicted molar refractivity (Wildman–Crippen MR) is 66.0 cm³/mol. The fourth-order valence-electron chi connectivity index (χ4n) is 2.12. The molecular weight excluding hydrogens is 273 g/mol. The molecule has 0 bridgehead atoms. The Balaban J connectivity index is 2.13. The highest BCUT2D eigenvalue weighted by molar-refractivity contribution is 5.77. The Kier molecular flexibility index (Phi) is 4.17. The normalized spacial score (nSPS) is 17.9. The predicted octanol–water partition coefficient (Wildman–Crippen LogP) is 1.91. The van der Waals surface area contributed by atoms with Crippen molar-refractivity contribution in [3.63, 3.8) is 0 Å². The van der Waals surface area contributed by atoms with Crippen molar-refractivity contribution in [2.45, 2.75) is 25.1 Å². The van der Waals surface area contributed by atoms with Crippen LogP contribution in [0.5, 0.6) is 5.75 Å². The van der Waals surface area contributed by atoms with E-state index in [1.165, 1.54) is 7.11 Å². The molecule has 1 aromatic carbocycles. The molecule has 1 aliphatic rings. The fraction of sp³-hybridized carbons (Fsp3) is 0.462. The van der Waals surface area contributed by atoms with Gasteiger partial charge in [0.2, 0.25) is 5.91 Å². The average molecular weight is 288 g/mol. The molecule has 1 aromatic rings. The maximum Gasteiger partial charge on any atom is 0.406 e. The van der Waals surface area contributed by atoms with E-state index in [4.69, 9.17) is 4.74 Å². The van der Waals surface area contributed by atoms with E-state index in [9.17, 15) is 18.0 Å². The highest BCUT2D eigenvalue weighted by atomic mass is 19.4. The number of methoxy groups -OCH3 is 1. The van der Waals surface area contributed by atoms with Gasteiger partial charge in [-0.25, -0.2) is 5.01 Å². The smallest absolute Gasteiger partial charge is 0.406 e. The van der Waals surface area contributed by atoms with Gasteiger partial charge < -0.3 is 4.74 Å². The van der Waals surface area contributed by atoms with Gasteiger partial charge in [0.15, 0.2) is 0 Å². The lowest BCUT2D eigenvalue weighted by molar-refractivity contribution is -0.187. The molecule has 1 saturated heterocycles. The molecule has 1 aliphatic heterocycles. The van der Waals surface area contributed by atoms with Gasteiger partial charge in [-0.3, -0.25) is 10.2 Å². The van der Waals surface area contributed by atoms with Gasteiger partial charge in [0, 0.05) is 13.0 Å². The lowest BCUT2D eigenvalue weighted by atomic mass is 10.0. The van der Waals surface area contributed by atoms with Crippen molar-refractivity contribution in [3.05, 3.63) is 29.8 Å². The molecule has 1 heterocycles. The largest absolute Gasteiger partial charge is 0.497 e. The molecule has 1 N–H and O–H groups in total. The quantitative estimate of drug-likeness (QED) is 0.920. The monoisotopic (exact) mass is 288 g/mol. The topological polar surface area (TPSA) is 41.6 Å². The number of nitrogens with one attached hydrogen (secondary N) is 1. The van der Waals surface area contributed by atoms with E-state index < -0.39 is 12.2 Å². The number of benzene rings is 1. The number of carbonyl (C=O) groups is 1. The SMILES string of the molecule is COc1ccc(C[C@H](N2CCC(=O)N2)C(F)(F)F)cc1. The molecule has 0 aliphatic carbocycles. The Morgan fingerprint density at radius 3 is 2.45 bits per heavy atom. The van der Waals surface area contributed by atoms with Gasteiger partial charge in [-0.2, -0.15) is 13.2 Å². The molecule has 1 atom stereocenters. The van der Waals surface area contributed by atoms with Crippen LogP contribution in [0.1, 0.15) is 12.0 Å². The Hall–Kier alpha value is -1.76. The third-order valence-electron chi connectivity index (χ3n) is 3.19. The van der Waals surface area contributed by atoms with E-state index in [2.05, 4.69) is 5.43 Å². The maximum atomic E-state index is 13.1. The standard InChI is InChI=1S/C13H15F3N2O2/c1-20-10-4-2-9(3-5-10)8-11(13(14,15)16)18-7-6-12(19)17-18/h2-5,11H,6-8H2,1H3,(H,17,19)/t11-/m0/s1. The molecule has 20 heavy (non-hydrogen) atoms. The van der Waals surface area contributed by atoms with Gasteiger partial charge in [-0.05, 0) is 24.1 Å². The van der Waals surface area contributed by atoms with Gasteiger partial charge in [-0.15, -0.1) is 0 Å². The van der Waals surface area contributed by atoms with Crippen LogP contribution in [0, 0.1) is 0 Å². The summed E-state index contributed by atoms with van der Waals surface area (Å²) in [4.78, 5) is 11.1. The summed E-state index contributed by atoms with van der Waals surface area (Å²) in [6.45, 7) is 0.0686. The summed E-state index contributed by atoms with van der Waals surface area (Å²) in [5.41, 5.74) is 2.79. The second kappa shape index (κ2) is 5.70. The van der Waals surface area contributed by atoms with E-state index in [-0.39, 0.29) is 25.3 Å². The van der Waals surface area contributed by atoms with Crippen molar-refractivity contribution in [1.29, 1.82) is 0 Å². The molecule has 0 radical (unpaired) electrons. The summed E-state index contributed by atoms with van der Waals surface area (Å²) >= 11 is 0. The van der Waals surface area contributed by atoms with Crippen molar-refractivity contribution < 1.29 is 22.7 Å². The third-order valence-corrected chi connectivity index (χ3v) is 3.19. The van der Waals surface area contributed by atoms with Crippen molar-refractivity contribution >= 4 is 5.91 Å². The number of nitrogens with zero attached hydrogens (tertiary/aromatic N) is 1. The molecule has 0 unspecified atom stereocenters. The third kappa shape index (κ3) is 3.41. The average Bonchev–Trinajstić information content (AvgIpc) is 2.81. The molecule has 0 saturated carbocycles. The van der Waals surface area contributed by atoms with Crippen molar-refractivity contribution in [3.8, 4) is 5.75 Å². The Morgan fingerprint density at radius 1 is 1.35 bits per heavy atom. The lowest BCUT2D eigenvalue weighted by Gasteiger charge is -2.29. The van der Waals surface area contributed by atoms with E-state index in [0.717, 1.165) is 5.01 Å². The number of rotatable bonds is 4. The number of alkyl halides is 3. The zero-order chi connectivity index (χ0) is 14.8. The van der Waals surface area contributed by atoms with Crippen LogP contribution in [0.3, 0.4) is 0 Å². The van der Waals surface area contributed by atoms with Gasteiger partial charge in [0.05, 0.1) is 7.11 Å². The van der Waals surface area contributed by atoms with Gasteiger partial charge >= 0.3 is 6.18 Å². The Labute approximate surface area is 114 Å². The first-order valence-corrected chi connectivity index (χ1v) is 6.16. The molecule has 4 nitrogen and oxygen atoms in total. The number of hydrogen-bond acceptors (Lipinski definition) is 3. The second-order valence-electron chi connectivity index (χ2n) is 4.59. The van der Waals surface area contributed by atoms with Crippen LogP contribution in [0.4, 0.5) is 13.2 Å². The second-order valence-corrected chi connectivity index (χ2v) is 4.59. The van der Waals surface area contributed by atoms with Gasteiger partial charge in [-0.1, -0.05) is 12.1 Å². The summed E-state index contributed by atoms with van der Waals surface area (Å²) < 4.78 is 44.3. The van der Waals surface area contributed by atoms with Crippen molar-refractivity contribution in [1.82, 2.24) is 10.4 Å². The van der Waals surface area contributed by atoms with Crippen LogP contribution in [-0.2, 0) is 11.2 Å². The first-order chi connectivity index (χ1) is 9.40. The van der Waals surface area contributed by atoms with E-state index in [1.807, 2.05) is 0 Å². The van der Waals surface area contributed by atoms with E-state index in [1.54, 1.807) is 24.3 Å². The number of amides is 1. The summed E-state index contributed by atoms with van der Waals surface area (Å²) in [6, 6.07) is 4.70. The van der Waals surface area contributed by atoms with Crippen LogP contribution >= 0.6 is 0 Å². The molecule has 110 valence electrons. The maximum absolute atomic E-state index is 13.1. The minimum atomic E-state index is -4.41. The van der Waals surface area contributed by atoms with Crippen LogP contribution in [-0.4, -0.2) is 36.8 Å². The molecule has 0 aromatic heterocycles. The molecule has 7 heteroatoms. The number of hydrazine groups is 1. The zero-order valence-corrected chi connectivity index (χ0v) is 10.9. The first-order valence-electron chi connectivity index (χ1n) is 6.16. The molecule has 1 amide bonds. The fourth-order valence-corrected chi connectivity index (χ4v) is 2.12. The zero-order valence-electron chi connectivity index (χ0n) is 10.9. The molecule has 0 spiro atoms. The van der Waals surface area contributed by atoms with Crippen LogP contribution in [0.2, 0.25) is 0 Å². The van der Waals surface area contributed by atoms with Gasteiger partial charge in [0.1, 0.15) is 11.8 Å².